The largest absolute Gasteiger partial charge is 0.457 e. The average molecular weight is 1140 g/mol. The van der Waals surface area contributed by atoms with Crippen LogP contribution in [0, 0.1) is 13.8 Å². The summed E-state index contributed by atoms with van der Waals surface area (Å²) in [5.74, 6) is 0. The van der Waals surface area contributed by atoms with Gasteiger partial charge in [0.1, 0.15) is 67.0 Å². The van der Waals surface area contributed by atoms with Gasteiger partial charge in [-0.1, -0.05) is 71.3 Å². The summed E-state index contributed by atoms with van der Waals surface area (Å²) >= 11 is 5.35. The van der Waals surface area contributed by atoms with Gasteiger partial charge in [-0.3, -0.25) is 0 Å². The van der Waals surface area contributed by atoms with Crippen LogP contribution in [-0.4, -0.2) is 64.9 Å². The highest BCUT2D eigenvalue weighted by molar-refractivity contribution is 7.99. The Morgan fingerprint density at radius 1 is 0.225 bits per heavy atom. The minimum absolute atomic E-state index is 0.246. The second kappa shape index (κ2) is 24.4. The van der Waals surface area contributed by atoms with Gasteiger partial charge in [0.25, 0.3) is 0 Å². The molecule has 22 heteroatoms. The van der Waals surface area contributed by atoms with Crippen LogP contribution in [0.25, 0.3) is 113 Å². The first kappa shape index (κ1) is 53.1. The monoisotopic (exact) mass is 1140 g/mol. The molecule has 0 saturated carbocycles. The molecule has 6 aromatic carbocycles. The molecule has 18 nitrogen and oxygen atoms in total. The third kappa shape index (κ3) is 14.0. The number of aromatic nitrogens is 8. The highest BCUT2D eigenvalue weighted by Crippen LogP contribution is 2.23. The first-order valence-corrected chi connectivity index (χ1v) is 29.1. The average Bonchev–Trinajstić information content (AvgIpc) is 3.42. The number of hydrogen-bond donors (Lipinski definition) is 0. The third-order valence-corrected chi connectivity index (χ3v) is 13.1. The van der Waals surface area contributed by atoms with E-state index in [9.17, 15) is 0 Å². The molecule has 5 heterocycles. The molecule has 0 aliphatic heterocycles. The maximum absolute atomic E-state index is 6.35. The van der Waals surface area contributed by atoms with E-state index in [4.69, 9.17) is 44.2 Å². The molecule has 0 N–H and O–H groups in total. The number of aryl methyl sites for hydroxylation is 2. The second-order valence-electron chi connectivity index (χ2n) is 17.0. The van der Waals surface area contributed by atoms with E-state index < -0.39 is 0 Å². The van der Waals surface area contributed by atoms with Crippen LogP contribution in [0.4, 0.5) is 0 Å². The van der Waals surface area contributed by atoms with Crippen LogP contribution in [0.15, 0.2) is 223 Å². The summed E-state index contributed by atoms with van der Waals surface area (Å²) in [6, 6.07) is 46.0. The quantitative estimate of drug-likeness (QED) is 0.118. The zero-order valence-corrected chi connectivity index (χ0v) is 46.6. The molecule has 0 unspecified atom stereocenters. The van der Waals surface area contributed by atoms with Crippen LogP contribution in [-0.2, 0) is 0 Å². The van der Waals surface area contributed by atoms with Crippen LogP contribution in [0.1, 0.15) is 11.1 Å². The van der Waals surface area contributed by atoms with Crippen molar-refractivity contribution >= 4 is 160 Å². The molecule has 0 amide bonds. The summed E-state index contributed by atoms with van der Waals surface area (Å²) in [5, 5.41) is 1.71. The molecule has 0 radical (unpaired) electrons. The summed E-state index contributed by atoms with van der Waals surface area (Å²) in [4.78, 5) is 36.8. The fourth-order valence-corrected chi connectivity index (χ4v) is 9.07. The normalized spacial score (nSPS) is 11.1. The van der Waals surface area contributed by atoms with Crippen LogP contribution in [0.2, 0.25) is 0 Å². The van der Waals surface area contributed by atoms with Crippen LogP contribution >= 0.6 is 47.0 Å². The standard InChI is InChI=1S/C58H44N8O10S4/c1-33-19-43-27-44(20-33)74-52-30-48(60-56(64-52)78-4)70-40-16-8-12-36(24-40)68-38-14-10-18-42(26-38)72-50-32-54(66-58(62-50)80-6)76-46-22-34(2)21-45(28-46)75-53-31-49(61-57(65-53)79-5)71-41-17-9-13-37(25-41)67-35-11-7-15-39(23-35)69-47-29-51(73-43)63-55(59-47)77-3/h7-32H,1-6H3. The van der Waals surface area contributed by atoms with E-state index in [1.807, 2.05) is 112 Å². The van der Waals surface area contributed by atoms with Gasteiger partial charge in [0.15, 0.2) is 20.6 Å². The molecule has 20 bridgehead atoms. The predicted octanol–water partition coefficient (Wildman–Crippen LogP) is 17.4. The van der Waals surface area contributed by atoms with Gasteiger partial charge in [0, 0.05) is 36.4 Å². The fourth-order valence-electron chi connectivity index (χ4n) is 7.62. The Balaban J connectivity index is 1.12. The summed E-state index contributed by atoms with van der Waals surface area (Å²) in [6.07, 6.45) is 7.46. The van der Waals surface area contributed by atoms with Gasteiger partial charge in [0.2, 0.25) is 45.7 Å². The zero-order chi connectivity index (χ0) is 55.0. The molecule has 0 fully saturated rings. The van der Waals surface area contributed by atoms with E-state index in [1.165, 1.54) is 47.0 Å². The van der Waals surface area contributed by atoms with Crippen molar-refractivity contribution in [3.05, 3.63) is 169 Å². The molecule has 400 valence electrons. The Labute approximate surface area is 469 Å². The van der Waals surface area contributed by atoms with Gasteiger partial charge >= 0.3 is 0 Å². The molecule has 5 aromatic heterocycles. The molecule has 11 rings (SSSR count). The van der Waals surface area contributed by atoms with Crippen molar-refractivity contribution in [2.45, 2.75) is 34.5 Å². The number of hydrogen-bond acceptors (Lipinski definition) is 22. The molecule has 11 aromatic rings. The second-order valence-corrected chi connectivity index (χ2v) is 20.1. The highest BCUT2D eigenvalue weighted by atomic mass is 32.2. The van der Waals surface area contributed by atoms with Crippen molar-refractivity contribution in [1.82, 2.24) is 39.9 Å². The smallest absolute Gasteiger partial charge is 0.227 e. The van der Waals surface area contributed by atoms with Gasteiger partial charge in [-0.25, -0.2) is 0 Å². The lowest BCUT2D eigenvalue weighted by atomic mass is 10.2. The Kier molecular flexibility index (Phi) is 16.2. The topological polar surface area (TPSA) is 235 Å². The van der Waals surface area contributed by atoms with Crippen LogP contribution in [0.3, 0.4) is 0 Å². The van der Waals surface area contributed by atoms with Gasteiger partial charge in [0.05, 0.1) is 24.3 Å². The van der Waals surface area contributed by atoms with Crippen molar-refractivity contribution in [1.29, 1.82) is 0 Å². The number of thioether (sulfide) groups is 4. The van der Waals surface area contributed by atoms with Gasteiger partial charge in [-0.05, 0) is 123 Å². The Hall–Kier alpha value is -8.96. The molecule has 0 atom stereocenters. The van der Waals surface area contributed by atoms with Crippen molar-refractivity contribution < 1.29 is 44.2 Å². The number of nitrogens with zero attached hydrogens (tertiary/aromatic N) is 8. The van der Waals surface area contributed by atoms with E-state index in [1.54, 1.807) is 84.9 Å². The van der Waals surface area contributed by atoms with E-state index >= 15 is 0 Å². The molecule has 0 saturated heterocycles. The lowest BCUT2D eigenvalue weighted by Crippen LogP contribution is -1.86. The molecule has 0 aliphatic carbocycles. The van der Waals surface area contributed by atoms with E-state index in [0.717, 1.165) is 11.1 Å². The Morgan fingerprint density at radius 3 is 0.600 bits per heavy atom. The van der Waals surface area contributed by atoms with Crippen molar-refractivity contribution in [2.75, 3.05) is 25.0 Å². The minimum atomic E-state index is 0.246. The summed E-state index contributed by atoms with van der Waals surface area (Å²) in [6.45, 7) is 3.85. The van der Waals surface area contributed by atoms with Crippen molar-refractivity contribution in [3.8, 4) is 0 Å². The molecular formula is C58H44N8O10S4. The fraction of sp³-hybridized carbons (Fsp3) is 0.103. The van der Waals surface area contributed by atoms with E-state index in [2.05, 4.69) is 39.9 Å². The first-order chi connectivity index (χ1) is 39.0. The highest BCUT2D eigenvalue weighted by Gasteiger charge is 2.07. The van der Waals surface area contributed by atoms with Gasteiger partial charge in [-0.15, -0.1) is 0 Å². The van der Waals surface area contributed by atoms with Crippen LogP contribution in [0.5, 0.6) is 0 Å². The van der Waals surface area contributed by atoms with Gasteiger partial charge in [-0.2, -0.15) is 39.9 Å². The maximum Gasteiger partial charge on any atom is 0.227 e. The molecule has 0 spiro atoms. The Morgan fingerprint density at radius 2 is 0.400 bits per heavy atom. The summed E-state index contributed by atoms with van der Waals surface area (Å²) in [5.41, 5.74) is 9.32. The zero-order valence-electron chi connectivity index (χ0n) is 43.3. The predicted molar refractivity (Wildman–Crippen MR) is 313 cm³/mol. The lowest BCUT2D eigenvalue weighted by Gasteiger charge is -1.99. The number of fused-ring (bicyclic) bond motifs is 20. The lowest BCUT2D eigenvalue weighted by molar-refractivity contribution is 0.599. The van der Waals surface area contributed by atoms with Crippen molar-refractivity contribution in [2.24, 2.45) is 0 Å². The number of rotatable bonds is 4. The first-order valence-electron chi connectivity index (χ1n) is 24.2. The maximum atomic E-state index is 6.35. The summed E-state index contributed by atoms with van der Waals surface area (Å²) < 4.78 is 63.2. The van der Waals surface area contributed by atoms with Gasteiger partial charge < -0.3 is 44.2 Å². The molecular weight excluding hydrogens is 1100 g/mol. The van der Waals surface area contributed by atoms with E-state index in [-0.39, 0.29) is 45.7 Å². The minimum Gasteiger partial charge on any atom is -0.457 e. The SMILES string of the molecule is CSc1nc2cc(n1)oc1cc(C)cc(c1)oc1cc(nc(SC)n1)oc1cccc(c1)oc1cccc(c1)oc1cc(nc(SC)n1)oc1cc(C)cc(c1)oc1cc(nc(SC)n1)oc1cccc(c1)oc1cccc(c1)o2. The third-order valence-electron chi connectivity index (χ3n) is 10.9. The summed E-state index contributed by atoms with van der Waals surface area (Å²) in [7, 11) is 0. The Bertz CT molecular complexity index is 4190. The van der Waals surface area contributed by atoms with E-state index in [0.29, 0.717) is 87.6 Å². The number of benzene rings is 6. The molecule has 80 heavy (non-hydrogen) atoms. The van der Waals surface area contributed by atoms with Crippen molar-refractivity contribution in [3.63, 3.8) is 0 Å². The molecule has 0 aliphatic rings. The van der Waals surface area contributed by atoms with Crippen LogP contribution < -0.4 is 0 Å².